The Balaban J connectivity index is 1.58. The molecule has 1 aliphatic rings. The molecular weight excluding hydrogens is 477 g/mol. The van der Waals surface area contributed by atoms with Crippen molar-refractivity contribution >= 4 is 5.91 Å². The van der Waals surface area contributed by atoms with Gasteiger partial charge in [0.2, 0.25) is 0 Å². The molecule has 0 unspecified atom stereocenters. The molecule has 188 valence electrons. The third kappa shape index (κ3) is 5.80. The zero-order chi connectivity index (χ0) is 25.9. The molecule has 4 rings (SSSR count). The fourth-order valence-electron chi connectivity index (χ4n) is 3.75. The summed E-state index contributed by atoms with van der Waals surface area (Å²) in [6.07, 6.45) is -2.48. The SMILES string of the molecule is Cc1nc([C@H](C)NC(=O)c2cc(OC3CCOCC3)cc(C(F)(F)F)c2)n(-c2ccc(C#N)cn2)n1. The van der Waals surface area contributed by atoms with Gasteiger partial charge in [0.05, 0.1) is 30.4 Å². The quantitative estimate of drug-likeness (QED) is 0.546. The number of benzene rings is 1. The molecule has 0 bridgehead atoms. The van der Waals surface area contributed by atoms with E-state index in [4.69, 9.17) is 14.7 Å². The highest BCUT2D eigenvalue weighted by molar-refractivity contribution is 5.95. The molecule has 1 N–H and O–H groups in total. The average molecular weight is 500 g/mol. The predicted octanol–water partition coefficient (Wildman–Crippen LogP) is 3.91. The summed E-state index contributed by atoms with van der Waals surface area (Å²) in [4.78, 5) is 21.6. The molecule has 0 aliphatic carbocycles. The lowest BCUT2D eigenvalue weighted by atomic mass is 10.1. The summed E-state index contributed by atoms with van der Waals surface area (Å²) in [5, 5.41) is 16.0. The standard InChI is InChI=1S/C24H23F3N6O3/c1-14(22-31-15(2)32-33(22)21-4-3-16(12-28)13-29-21)30-23(34)17-9-18(24(25,26)27)11-20(10-17)36-19-5-7-35-8-6-19/h3-4,9-11,13-14,19H,5-8H2,1-2H3,(H,30,34)/t14-/m0/s1. The number of amides is 1. The van der Waals surface area contributed by atoms with Crippen molar-refractivity contribution in [1.29, 1.82) is 5.26 Å². The number of carbonyl (C=O) groups excluding carboxylic acids is 1. The summed E-state index contributed by atoms with van der Waals surface area (Å²) >= 11 is 0. The van der Waals surface area contributed by atoms with Crippen molar-refractivity contribution in [3.05, 3.63) is 64.9 Å². The largest absolute Gasteiger partial charge is 0.490 e. The molecule has 0 radical (unpaired) electrons. The van der Waals surface area contributed by atoms with Crippen LogP contribution in [0.15, 0.2) is 36.5 Å². The van der Waals surface area contributed by atoms with Crippen molar-refractivity contribution in [2.24, 2.45) is 0 Å². The Kier molecular flexibility index (Phi) is 7.21. The van der Waals surface area contributed by atoms with Gasteiger partial charge in [-0.3, -0.25) is 4.79 Å². The van der Waals surface area contributed by atoms with Gasteiger partial charge in [0, 0.05) is 24.6 Å². The van der Waals surface area contributed by atoms with Gasteiger partial charge in [-0.2, -0.15) is 23.1 Å². The first-order chi connectivity index (χ1) is 17.1. The van der Waals surface area contributed by atoms with E-state index in [0.717, 1.165) is 12.1 Å². The normalized spacial score (nSPS) is 15.2. The Morgan fingerprint density at radius 1 is 1.28 bits per heavy atom. The number of alkyl halides is 3. The fourth-order valence-corrected chi connectivity index (χ4v) is 3.75. The second-order valence-corrected chi connectivity index (χ2v) is 8.31. The van der Waals surface area contributed by atoms with Crippen LogP contribution in [0.3, 0.4) is 0 Å². The summed E-state index contributed by atoms with van der Waals surface area (Å²) < 4.78 is 53.1. The number of nitriles is 1. The maximum atomic E-state index is 13.6. The molecule has 0 spiro atoms. The van der Waals surface area contributed by atoms with E-state index >= 15 is 0 Å². The lowest BCUT2D eigenvalue weighted by molar-refractivity contribution is -0.137. The number of hydrogen-bond acceptors (Lipinski definition) is 7. The molecule has 1 aliphatic heterocycles. The van der Waals surface area contributed by atoms with E-state index in [0.29, 0.717) is 49.1 Å². The van der Waals surface area contributed by atoms with Crippen molar-refractivity contribution in [2.75, 3.05) is 13.2 Å². The van der Waals surface area contributed by atoms with Gasteiger partial charge in [-0.15, -0.1) is 5.10 Å². The lowest BCUT2D eigenvalue weighted by Crippen LogP contribution is -2.29. The summed E-state index contributed by atoms with van der Waals surface area (Å²) in [5.74, 6) is 0.338. The van der Waals surface area contributed by atoms with Crippen LogP contribution in [0.2, 0.25) is 0 Å². The minimum atomic E-state index is -4.66. The van der Waals surface area contributed by atoms with Crippen molar-refractivity contribution in [3.8, 4) is 17.6 Å². The number of nitrogens with zero attached hydrogens (tertiary/aromatic N) is 5. The van der Waals surface area contributed by atoms with Crippen LogP contribution in [0.1, 0.15) is 58.9 Å². The van der Waals surface area contributed by atoms with Gasteiger partial charge in [0.15, 0.2) is 11.6 Å². The van der Waals surface area contributed by atoms with Crippen LogP contribution in [0, 0.1) is 18.3 Å². The Morgan fingerprint density at radius 3 is 2.67 bits per heavy atom. The second kappa shape index (κ2) is 10.3. The number of ether oxygens (including phenoxy) is 2. The van der Waals surface area contributed by atoms with E-state index in [1.54, 1.807) is 26.0 Å². The van der Waals surface area contributed by atoms with Gasteiger partial charge in [-0.05, 0) is 44.2 Å². The van der Waals surface area contributed by atoms with E-state index in [1.165, 1.54) is 16.9 Å². The van der Waals surface area contributed by atoms with Gasteiger partial charge in [0.25, 0.3) is 5.91 Å². The highest BCUT2D eigenvalue weighted by Crippen LogP contribution is 2.33. The number of carbonyl (C=O) groups is 1. The van der Waals surface area contributed by atoms with Gasteiger partial charge in [0.1, 0.15) is 23.7 Å². The van der Waals surface area contributed by atoms with Crippen LogP contribution in [-0.2, 0) is 10.9 Å². The number of pyridine rings is 1. The van der Waals surface area contributed by atoms with Crippen molar-refractivity contribution in [2.45, 2.75) is 45.0 Å². The minimum absolute atomic E-state index is 0.0321. The van der Waals surface area contributed by atoms with Gasteiger partial charge < -0.3 is 14.8 Å². The Morgan fingerprint density at radius 2 is 2.03 bits per heavy atom. The molecule has 1 aromatic carbocycles. The van der Waals surface area contributed by atoms with Crippen molar-refractivity contribution in [1.82, 2.24) is 25.1 Å². The molecule has 12 heteroatoms. The maximum absolute atomic E-state index is 13.6. The smallest absolute Gasteiger partial charge is 0.416 e. The van der Waals surface area contributed by atoms with Crippen LogP contribution in [0.5, 0.6) is 5.75 Å². The first kappa shape index (κ1) is 25.1. The number of halogens is 3. The Bertz CT molecular complexity index is 1280. The molecule has 9 nitrogen and oxygen atoms in total. The summed E-state index contributed by atoms with van der Waals surface area (Å²) in [6.45, 7) is 4.21. The van der Waals surface area contributed by atoms with E-state index in [1.807, 2.05) is 6.07 Å². The van der Waals surface area contributed by atoms with Crippen LogP contribution in [0.25, 0.3) is 5.82 Å². The zero-order valence-electron chi connectivity index (χ0n) is 19.5. The number of hydrogen-bond donors (Lipinski definition) is 1. The molecule has 2 aromatic heterocycles. The second-order valence-electron chi connectivity index (χ2n) is 8.31. The summed E-state index contributed by atoms with van der Waals surface area (Å²) in [6, 6.07) is 7.37. The van der Waals surface area contributed by atoms with Crippen molar-refractivity contribution < 1.29 is 27.4 Å². The molecule has 3 aromatic rings. The fraction of sp³-hybridized carbons (Fsp3) is 0.375. The molecule has 3 heterocycles. The van der Waals surface area contributed by atoms with E-state index in [2.05, 4.69) is 20.4 Å². The highest BCUT2D eigenvalue weighted by Gasteiger charge is 2.33. The number of aryl methyl sites for hydroxylation is 1. The van der Waals surface area contributed by atoms with Crippen LogP contribution in [-0.4, -0.2) is 45.0 Å². The first-order valence-corrected chi connectivity index (χ1v) is 11.2. The Hall–Kier alpha value is -3.98. The molecular formula is C24H23F3N6O3. The topological polar surface area (TPSA) is 115 Å². The molecule has 1 amide bonds. The number of aromatic nitrogens is 4. The highest BCUT2D eigenvalue weighted by atomic mass is 19.4. The van der Waals surface area contributed by atoms with Crippen LogP contribution >= 0.6 is 0 Å². The van der Waals surface area contributed by atoms with E-state index in [9.17, 15) is 18.0 Å². The van der Waals surface area contributed by atoms with E-state index in [-0.39, 0.29) is 17.4 Å². The van der Waals surface area contributed by atoms with Gasteiger partial charge >= 0.3 is 6.18 Å². The molecule has 1 atom stereocenters. The maximum Gasteiger partial charge on any atom is 0.416 e. The van der Waals surface area contributed by atoms with Crippen LogP contribution in [0.4, 0.5) is 13.2 Å². The molecule has 1 saturated heterocycles. The van der Waals surface area contributed by atoms with Crippen molar-refractivity contribution in [3.63, 3.8) is 0 Å². The third-order valence-corrected chi connectivity index (χ3v) is 5.53. The zero-order valence-corrected chi connectivity index (χ0v) is 19.5. The third-order valence-electron chi connectivity index (χ3n) is 5.53. The average Bonchev–Trinajstić information content (AvgIpc) is 3.25. The lowest BCUT2D eigenvalue weighted by Gasteiger charge is -2.24. The monoisotopic (exact) mass is 500 g/mol. The predicted molar refractivity (Wildman–Crippen MR) is 120 cm³/mol. The Labute approximate surface area is 204 Å². The first-order valence-electron chi connectivity index (χ1n) is 11.2. The summed E-state index contributed by atoms with van der Waals surface area (Å²) in [7, 11) is 0. The molecule has 1 fully saturated rings. The van der Waals surface area contributed by atoms with Crippen LogP contribution < -0.4 is 10.1 Å². The minimum Gasteiger partial charge on any atom is -0.490 e. The van der Waals surface area contributed by atoms with E-state index < -0.39 is 23.7 Å². The van der Waals surface area contributed by atoms with Gasteiger partial charge in [-0.1, -0.05) is 0 Å². The molecule has 0 saturated carbocycles. The van der Waals surface area contributed by atoms with Gasteiger partial charge in [-0.25, -0.2) is 9.97 Å². The number of rotatable bonds is 6. The summed E-state index contributed by atoms with van der Waals surface area (Å²) in [5.41, 5.74) is -0.814. The molecule has 36 heavy (non-hydrogen) atoms. The number of nitrogens with one attached hydrogen (secondary N) is 1.